The lowest BCUT2D eigenvalue weighted by molar-refractivity contribution is 0.0818. The maximum Gasteiger partial charge on any atom is 0.239 e. The highest BCUT2D eigenvalue weighted by Crippen LogP contribution is 2.27. The average molecular weight is 273 g/mol. The molecule has 1 fully saturated rings. The molecule has 1 aromatic carbocycles. The van der Waals surface area contributed by atoms with Crippen molar-refractivity contribution in [2.24, 2.45) is 5.84 Å². The Labute approximate surface area is 117 Å². The van der Waals surface area contributed by atoms with Gasteiger partial charge in [0.1, 0.15) is 5.82 Å². The molecule has 0 saturated carbocycles. The molecule has 0 bridgehead atoms. The summed E-state index contributed by atoms with van der Waals surface area (Å²) in [4.78, 5) is 11.2. The Hall–Kier alpha value is -1.92. The van der Waals surface area contributed by atoms with Crippen LogP contribution in [0.25, 0.3) is 10.9 Å². The molecule has 0 unspecified atom stereocenters. The number of fused-ring (bicyclic) bond motifs is 1. The molecule has 3 N–H and O–H groups in total. The second kappa shape index (κ2) is 5.60. The number of nitrogens with two attached hydrogens (primary N) is 1. The molecular formula is C14H19N5O. The minimum Gasteiger partial charge on any atom is -0.381 e. The average Bonchev–Trinajstić information content (AvgIpc) is 2.54. The van der Waals surface area contributed by atoms with Gasteiger partial charge in [-0.2, -0.15) is 4.98 Å². The van der Waals surface area contributed by atoms with Crippen molar-refractivity contribution in [2.75, 3.05) is 30.5 Å². The van der Waals surface area contributed by atoms with Crippen molar-refractivity contribution in [2.45, 2.75) is 18.9 Å². The van der Waals surface area contributed by atoms with Crippen molar-refractivity contribution in [3.05, 3.63) is 24.3 Å². The lowest BCUT2D eigenvalue weighted by Crippen LogP contribution is -2.37. The normalized spacial score (nSPS) is 16.6. The summed E-state index contributed by atoms with van der Waals surface area (Å²) in [5.74, 6) is 6.86. The fourth-order valence-corrected chi connectivity index (χ4v) is 2.67. The zero-order valence-electron chi connectivity index (χ0n) is 11.5. The molecule has 2 aromatic rings. The van der Waals surface area contributed by atoms with E-state index in [1.807, 2.05) is 24.3 Å². The molecule has 20 heavy (non-hydrogen) atoms. The maximum absolute atomic E-state index is 5.47. The topological polar surface area (TPSA) is 76.3 Å². The molecule has 1 aliphatic rings. The number of nitrogen functional groups attached to an aromatic ring is 1. The van der Waals surface area contributed by atoms with Crippen LogP contribution in [-0.2, 0) is 4.74 Å². The van der Waals surface area contributed by atoms with Crippen molar-refractivity contribution < 1.29 is 4.74 Å². The molecule has 106 valence electrons. The molecule has 1 aliphatic heterocycles. The number of hydrazine groups is 1. The Kier molecular flexibility index (Phi) is 3.66. The highest BCUT2D eigenvalue weighted by Gasteiger charge is 2.21. The van der Waals surface area contributed by atoms with Crippen LogP contribution in [-0.4, -0.2) is 36.3 Å². The van der Waals surface area contributed by atoms with Crippen molar-refractivity contribution in [3.63, 3.8) is 0 Å². The van der Waals surface area contributed by atoms with Crippen LogP contribution in [0.5, 0.6) is 0 Å². The third kappa shape index (κ3) is 2.39. The first-order valence-corrected chi connectivity index (χ1v) is 6.83. The van der Waals surface area contributed by atoms with Gasteiger partial charge in [-0.1, -0.05) is 12.1 Å². The van der Waals surface area contributed by atoms with Gasteiger partial charge in [0.2, 0.25) is 5.95 Å². The van der Waals surface area contributed by atoms with E-state index in [0.29, 0.717) is 12.1 Å². The van der Waals surface area contributed by atoms with Crippen molar-refractivity contribution in [3.8, 4) is 0 Å². The van der Waals surface area contributed by atoms with Gasteiger partial charge >= 0.3 is 0 Å². The summed E-state index contributed by atoms with van der Waals surface area (Å²) in [5.41, 5.74) is 3.45. The molecule has 0 radical (unpaired) electrons. The Bertz CT molecular complexity index is 595. The second-order valence-electron chi connectivity index (χ2n) is 4.95. The van der Waals surface area contributed by atoms with Gasteiger partial charge in [-0.3, -0.25) is 5.43 Å². The second-order valence-corrected chi connectivity index (χ2v) is 4.95. The maximum atomic E-state index is 5.47. The molecule has 0 amide bonds. The fourth-order valence-electron chi connectivity index (χ4n) is 2.67. The first kappa shape index (κ1) is 13.1. The number of para-hydroxylation sites is 1. The van der Waals surface area contributed by atoms with E-state index in [1.54, 1.807) is 7.11 Å². The summed E-state index contributed by atoms with van der Waals surface area (Å²) in [7, 11) is 1.77. The highest BCUT2D eigenvalue weighted by atomic mass is 16.5. The zero-order valence-corrected chi connectivity index (χ0v) is 11.5. The minimum atomic E-state index is 0.353. The standard InChI is InChI=1S/C14H19N5O/c1-20-10-6-8-19(9-7-10)13-11-4-2-3-5-12(11)16-14(17-13)18-15/h2-5,10H,6-9,15H2,1H3,(H,16,17,18). The first-order chi connectivity index (χ1) is 9.81. The molecule has 1 saturated heterocycles. The van der Waals surface area contributed by atoms with E-state index in [9.17, 15) is 0 Å². The summed E-state index contributed by atoms with van der Waals surface area (Å²) >= 11 is 0. The lowest BCUT2D eigenvalue weighted by Gasteiger charge is -2.32. The molecule has 6 nitrogen and oxygen atoms in total. The van der Waals surface area contributed by atoms with E-state index < -0.39 is 0 Å². The number of hydrogen-bond acceptors (Lipinski definition) is 6. The number of anilines is 2. The zero-order chi connectivity index (χ0) is 13.9. The largest absolute Gasteiger partial charge is 0.381 e. The van der Waals surface area contributed by atoms with Crippen LogP contribution in [0.3, 0.4) is 0 Å². The Balaban J connectivity index is 1.98. The van der Waals surface area contributed by atoms with E-state index in [0.717, 1.165) is 42.7 Å². The number of methoxy groups -OCH3 is 1. The molecule has 3 rings (SSSR count). The Morgan fingerprint density at radius 3 is 2.70 bits per heavy atom. The molecule has 2 heterocycles. The highest BCUT2D eigenvalue weighted by molar-refractivity contribution is 5.90. The number of nitrogens with zero attached hydrogens (tertiary/aromatic N) is 3. The number of ether oxygens (including phenoxy) is 1. The SMILES string of the molecule is COC1CCN(c2nc(NN)nc3ccccc23)CC1. The van der Waals surface area contributed by atoms with Crippen LogP contribution < -0.4 is 16.2 Å². The summed E-state index contributed by atoms with van der Waals surface area (Å²) in [5, 5.41) is 1.06. The summed E-state index contributed by atoms with van der Waals surface area (Å²) < 4.78 is 5.42. The monoisotopic (exact) mass is 273 g/mol. The number of hydrogen-bond donors (Lipinski definition) is 2. The molecule has 0 spiro atoms. The molecule has 1 aromatic heterocycles. The van der Waals surface area contributed by atoms with Crippen LogP contribution in [0.4, 0.5) is 11.8 Å². The molecule has 0 atom stereocenters. The first-order valence-electron chi connectivity index (χ1n) is 6.83. The van der Waals surface area contributed by atoms with Gasteiger partial charge in [0.05, 0.1) is 11.6 Å². The Morgan fingerprint density at radius 1 is 1.25 bits per heavy atom. The number of rotatable bonds is 3. The van der Waals surface area contributed by atoms with E-state index >= 15 is 0 Å². The molecule has 0 aliphatic carbocycles. The quantitative estimate of drug-likeness (QED) is 0.652. The predicted molar refractivity (Wildman–Crippen MR) is 79.6 cm³/mol. The van der Waals surface area contributed by atoms with Crippen molar-refractivity contribution in [1.82, 2.24) is 9.97 Å². The van der Waals surface area contributed by atoms with Gasteiger partial charge < -0.3 is 9.64 Å². The minimum absolute atomic E-state index is 0.353. The van der Waals surface area contributed by atoms with Gasteiger partial charge in [-0.05, 0) is 25.0 Å². The number of nitrogens with one attached hydrogen (secondary N) is 1. The Morgan fingerprint density at radius 2 is 2.00 bits per heavy atom. The molecular weight excluding hydrogens is 254 g/mol. The van der Waals surface area contributed by atoms with E-state index in [1.165, 1.54) is 0 Å². The summed E-state index contributed by atoms with van der Waals surface area (Å²) in [6, 6.07) is 8.00. The van der Waals surface area contributed by atoms with Gasteiger partial charge in [-0.25, -0.2) is 10.8 Å². The third-order valence-corrected chi connectivity index (χ3v) is 3.79. The van der Waals surface area contributed by atoms with Crippen molar-refractivity contribution in [1.29, 1.82) is 0 Å². The van der Waals surface area contributed by atoms with Crippen LogP contribution in [0.1, 0.15) is 12.8 Å². The number of piperidine rings is 1. The van der Waals surface area contributed by atoms with Crippen LogP contribution in [0.2, 0.25) is 0 Å². The summed E-state index contributed by atoms with van der Waals surface area (Å²) in [6.07, 6.45) is 2.38. The van der Waals surface area contributed by atoms with Gasteiger partial charge in [0.25, 0.3) is 0 Å². The number of aromatic nitrogens is 2. The van der Waals surface area contributed by atoms with Crippen molar-refractivity contribution >= 4 is 22.7 Å². The lowest BCUT2D eigenvalue weighted by atomic mass is 10.1. The van der Waals surface area contributed by atoms with Crippen LogP contribution >= 0.6 is 0 Å². The number of benzene rings is 1. The van der Waals surface area contributed by atoms with E-state index in [4.69, 9.17) is 10.6 Å². The van der Waals surface area contributed by atoms with Crippen LogP contribution in [0, 0.1) is 0 Å². The predicted octanol–water partition coefficient (Wildman–Crippen LogP) is 1.53. The third-order valence-electron chi connectivity index (χ3n) is 3.79. The fraction of sp³-hybridized carbons (Fsp3) is 0.429. The van der Waals surface area contributed by atoms with Gasteiger partial charge in [0.15, 0.2) is 0 Å². The summed E-state index contributed by atoms with van der Waals surface area (Å²) in [6.45, 7) is 1.87. The van der Waals surface area contributed by atoms with Crippen LogP contribution in [0.15, 0.2) is 24.3 Å². The van der Waals surface area contributed by atoms with E-state index in [2.05, 4.69) is 20.3 Å². The van der Waals surface area contributed by atoms with E-state index in [-0.39, 0.29) is 0 Å². The van der Waals surface area contributed by atoms with Gasteiger partial charge in [-0.15, -0.1) is 0 Å². The smallest absolute Gasteiger partial charge is 0.239 e. The molecule has 6 heteroatoms. The van der Waals surface area contributed by atoms with Gasteiger partial charge in [0, 0.05) is 25.6 Å².